The molecular weight excluding hydrogens is 256 g/mol. The smallest absolute Gasteiger partial charge is 0.270 e. The molecule has 15 heavy (non-hydrogen) atoms. The van der Waals surface area contributed by atoms with Crippen molar-refractivity contribution in [2.45, 2.75) is 4.21 Å². The van der Waals surface area contributed by atoms with E-state index in [1.165, 1.54) is 0 Å². The zero-order chi connectivity index (χ0) is 11.1. The number of thiophene rings is 1. The minimum atomic E-state index is -3.63. The largest absolute Gasteiger partial charge is 0.497 e. The van der Waals surface area contributed by atoms with Crippen LogP contribution in [0.1, 0.15) is 0 Å². The van der Waals surface area contributed by atoms with Gasteiger partial charge in [-0.25, -0.2) is 8.42 Å². The zero-order valence-corrected chi connectivity index (χ0v) is 10.1. The first-order chi connectivity index (χ1) is 7.00. The summed E-state index contributed by atoms with van der Waals surface area (Å²) in [4.78, 5) is 0. The lowest BCUT2D eigenvalue weighted by molar-refractivity contribution is 0.415. The van der Waals surface area contributed by atoms with E-state index in [1.54, 1.807) is 31.4 Å². The minimum Gasteiger partial charge on any atom is -0.497 e. The van der Waals surface area contributed by atoms with Gasteiger partial charge in [-0.1, -0.05) is 0 Å². The van der Waals surface area contributed by atoms with E-state index >= 15 is 0 Å². The molecule has 1 aromatic carbocycles. The quantitative estimate of drug-likeness (QED) is 0.782. The van der Waals surface area contributed by atoms with Gasteiger partial charge < -0.3 is 4.74 Å². The predicted octanol–water partition coefficient (Wildman–Crippen LogP) is 2.84. The summed E-state index contributed by atoms with van der Waals surface area (Å²) in [6.07, 6.45) is 0. The Morgan fingerprint density at radius 2 is 2.07 bits per heavy atom. The van der Waals surface area contributed by atoms with Gasteiger partial charge in [0, 0.05) is 15.4 Å². The van der Waals surface area contributed by atoms with Gasteiger partial charge in [-0.15, -0.1) is 11.3 Å². The second kappa shape index (κ2) is 3.66. The van der Waals surface area contributed by atoms with Crippen LogP contribution >= 0.6 is 22.0 Å². The van der Waals surface area contributed by atoms with Gasteiger partial charge in [0.1, 0.15) is 9.96 Å². The molecule has 0 aliphatic heterocycles. The molecule has 2 rings (SSSR count). The SMILES string of the molecule is COc1ccc2cc(S(=O)(=O)Cl)sc2c1. The second-order valence-electron chi connectivity index (χ2n) is 2.91. The molecule has 0 aliphatic carbocycles. The Morgan fingerprint density at radius 3 is 2.67 bits per heavy atom. The number of benzene rings is 1. The Hall–Kier alpha value is -0.780. The van der Waals surface area contributed by atoms with Crippen molar-refractivity contribution in [3.8, 4) is 5.75 Å². The van der Waals surface area contributed by atoms with Crippen LogP contribution in [0.3, 0.4) is 0 Å². The first-order valence-corrected chi connectivity index (χ1v) is 7.15. The van der Waals surface area contributed by atoms with Crippen molar-refractivity contribution in [1.82, 2.24) is 0 Å². The summed E-state index contributed by atoms with van der Waals surface area (Å²) < 4.78 is 28.2. The topological polar surface area (TPSA) is 43.4 Å². The summed E-state index contributed by atoms with van der Waals surface area (Å²) in [6.45, 7) is 0. The van der Waals surface area contributed by atoms with E-state index in [-0.39, 0.29) is 4.21 Å². The van der Waals surface area contributed by atoms with Crippen LogP contribution in [0.15, 0.2) is 28.5 Å². The third-order valence-electron chi connectivity index (χ3n) is 1.94. The fourth-order valence-electron chi connectivity index (χ4n) is 1.23. The zero-order valence-electron chi connectivity index (χ0n) is 7.73. The summed E-state index contributed by atoms with van der Waals surface area (Å²) in [7, 11) is 3.18. The van der Waals surface area contributed by atoms with Crippen molar-refractivity contribution >= 4 is 41.2 Å². The maximum atomic E-state index is 11.1. The first-order valence-electron chi connectivity index (χ1n) is 4.03. The van der Waals surface area contributed by atoms with Crippen LogP contribution in [0.4, 0.5) is 0 Å². The maximum absolute atomic E-state index is 11.1. The molecule has 1 aromatic heterocycles. The molecule has 0 atom stereocenters. The minimum absolute atomic E-state index is 0.160. The van der Waals surface area contributed by atoms with Crippen molar-refractivity contribution in [1.29, 1.82) is 0 Å². The van der Waals surface area contributed by atoms with Crippen LogP contribution in [0, 0.1) is 0 Å². The summed E-state index contributed by atoms with van der Waals surface area (Å²) in [6, 6.07) is 6.92. The number of rotatable bonds is 2. The van der Waals surface area contributed by atoms with Gasteiger partial charge in [0.15, 0.2) is 0 Å². The third-order valence-corrected chi connectivity index (χ3v) is 5.12. The van der Waals surface area contributed by atoms with E-state index in [9.17, 15) is 8.42 Å². The third kappa shape index (κ3) is 2.09. The van der Waals surface area contributed by atoms with Crippen molar-refractivity contribution in [3.63, 3.8) is 0 Å². The predicted molar refractivity (Wildman–Crippen MR) is 61.4 cm³/mol. The summed E-state index contributed by atoms with van der Waals surface area (Å²) >= 11 is 1.13. The highest BCUT2D eigenvalue weighted by Crippen LogP contribution is 2.33. The Kier molecular flexibility index (Phi) is 2.62. The van der Waals surface area contributed by atoms with Crippen LogP contribution in [0.25, 0.3) is 10.1 Å². The fourth-order valence-corrected chi connectivity index (χ4v) is 3.41. The molecule has 0 spiro atoms. The van der Waals surface area contributed by atoms with Gasteiger partial charge in [-0.2, -0.15) is 0 Å². The van der Waals surface area contributed by atoms with Gasteiger partial charge in [-0.05, 0) is 29.7 Å². The van der Waals surface area contributed by atoms with Gasteiger partial charge in [0.25, 0.3) is 9.05 Å². The van der Waals surface area contributed by atoms with Crippen molar-refractivity contribution < 1.29 is 13.2 Å². The summed E-state index contributed by atoms with van der Waals surface area (Å²) in [5, 5.41) is 0.847. The number of methoxy groups -OCH3 is 1. The average molecular weight is 263 g/mol. The fraction of sp³-hybridized carbons (Fsp3) is 0.111. The van der Waals surface area contributed by atoms with Gasteiger partial charge in [0.2, 0.25) is 0 Å². The summed E-state index contributed by atoms with van der Waals surface area (Å²) in [5.74, 6) is 0.697. The molecule has 1 heterocycles. The maximum Gasteiger partial charge on any atom is 0.270 e. The van der Waals surface area contributed by atoms with Crippen molar-refractivity contribution in [2.75, 3.05) is 7.11 Å². The molecule has 6 heteroatoms. The molecule has 0 saturated heterocycles. The van der Waals surface area contributed by atoms with E-state index in [2.05, 4.69) is 0 Å². The molecule has 80 valence electrons. The Morgan fingerprint density at radius 1 is 1.33 bits per heavy atom. The Bertz CT molecular complexity index is 601. The lowest BCUT2D eigenvalue weighted by atomic mass is 10.2. The monoisotopic (exact) mass is 262 g/mol. The van der Waals surface area contributed by atoms with Crippen LogP contribution in [0.2, 0.25) is 0 Å². The number of hydrogen-bond donors (Lipinski definition) is 0. The average Bonchev–Trinajstić information content (AvgIpc) is 2.59. The van der Waals surface area contributed by atoms with Crippen LogP contribution < -0.4 is 4.74 Å². The Balaban J connectivity index is 2.66. The van der Waals surface area contributed by atoms with Crippen molar-refractivity contribution in [3.05, 3.63) is 24.3 Å². The van der Waals surface area contributed by atoms with Crippen LogP contribution in [0.5, 0.6) is 5.75 Å². The molecule has 0 unspecified atom stereocenters. The van der Waals surface area contributed by atoms with E-state index in [1.807, 2.05) is 0 Å². The molecule has 0 aliphatic rings. The van der Waals surface area contributed by atoms with Gasteiger partial charge in [0.05, 0.1) is 7.11 Å². The molecule has 0 fully saturated rings. The Labute approximate surface area is 95.7 Å². The molecule has 3 nitrogen and oxygen atoms in total. The van der Waals surface area contributed by atoms with Gasteiger partial charge >= 0.3 is 0 Å². The molecule has 0 radical (unpaired) electrons. The van der Waals surface area contributed by atoms with Crippen molar-refractivity contribution in [2.24, 2.45) is 0 Å². The number of fused-ring (bicyclic) bond motifs is 1. The lowest BCUT2D eigenvalue weighted by Crippen LogP contribution is -1.83. The molecule has 0 bridgehead atoms. The van der Waals surface area contributed by atoms with E-state index in [0.29, 0.717) is 5.75 Å². The highest BCUT2D eigenvalue weighted by molar-refractivity contribution is 8.15. The highest BCUT2D eigenvalue weighted by Gasteiger charge is 2.14. The molecule has 0 N–H and O–H groups in total. The van der Waals surface area contributed by atoms with E-state index in [0.717, 1.165) is 21.4 Å². The van der Waals surface area contributed by atoms with E-state index < -0.39 is 9.05 Å². The molecule has 0 saturated carbocycles. The van der Waals surface area contributed by atoms with Crippen LogP contribution in [-0.2, 0) is 9.05 Å². The van der Waals surface area contributed by atoms with Crippen LogP contribution in [-0.4, -0.2) is 15.5 Å². The first kappa shape index (κ1) is 10.7. The second-order valence-corrected chi connectivity index (χ2v) is 6.78. The normalized spacial score (nSPS) is 11.9. The standard InChI is InChI=1S/C9H7ClO3S2/c1-13-7-3-2-6-4-9(15(10,11)12)14-8(6)5-7/h2-5H,1H3. The number of halogens is 1. The summed E-state index contributed by atoms with van der Waals surface area (Å²) in [5.41, 5.74) is 0. The molecule has 2 aromatic rings. The highest BCUT2D eigenvalue weighted by atomic mass is 35.7. The number of hydrogen-bond acceptors (Lipinski definition) is 4. The molecular formula is C9H7ClO3S2. The lowest BCUT2D eigenvalue weighted by Gasteiger charge is -1.97. The number of ether oxygens (including phenoxy) is 1. The van der Waals surface area contributed by atoms with E-state index in [4.69, 9.17) is 15.4 Å². The molecule has 0 amide bonds. The van der Waals surface area contributed by atoms with Gasteiger partial charge in [-0.3, -0.25) is 0 Å².